The van der Waals surface area contributed by atoms with Crippen molar-refractivity contribution in [2.75, 3.05) is 6.54 Å². The van der Waals surface area contributed by atoms with Crippen molar-refractivity contribution < 1.29 is 4.79 Å². The van der Waals surface area contributed by atoms with Crippen LogP contribution in [0.2, 0.25) is 0 Å². The van der Waals surface area contributed by atoms with Crippen molar-refractivity contribution in [1.29, 1.82) is 0 Å². The van der Waals surface area contributed by atoms with Crippen LogP contribution in [-0.4, -0.2) is 12.6 Å². The van der Waals surface area contributed by atoms with Gasteiger partial charge in [0, 0.05) is 0 Å². The van der Waals surface area contributed by atoms with Gasteiger partial charge in [-0.05, 0) is 43.4 Å². The number of carbonyl (C=O) groups excluding carboxylic acids is 1. The highest BCUT2D eigenvalue weighted by molar-refractivity contribution is 5.32. The summed E-state index contributed by atoms with van der Waals surface area (Å²) >= 11 is 0. The third-order valence-corrected chi connectivity index (χ3v) is 7.76. The smallest absolute Gasteiger partial charge is 0.211 e. The Bertz CT molecular complexity index is 434. The lowest BCUT2D eigenvalue weighted by Crippen LogP contribution is -2.37. The summed E-state index contributed by atoms with van der Waals surface area (Å²) in [5, 5.41) is 0. The molecule has 0 N–H and O–H groups in total. The molecule has 1 aliphatic rings. The highest BCUT2D eigenvalue weighted by atomic mass is 16.1. The quantitative estimate of drug-likeness (QED) is 0.0895. The van der Waals surface area contributed by atoms with Gasteiger partial charge in [-0.1, -0.05) is 129 Å². The molecule has 1 rings (SSSR count). The standard InChI is InChI=1S/C29H55NO/c1-3-5-7-9-13-17-21-28-25-29(26-28,22-18-14-10-8-6-4-2)23-19-15-11-12-16-20-24-30-27-31/h28H,3-26H2,1-2H3. The van der Waals surface area contributed by atoms with Crippen LogP contribution in [0.25, 0.3) is 0 Å². The van der Waals surface area contributed by atoms with E-state index in [4.69, 9.17) is 0 Å². The number of isocyanates is 1. The first-order valence-corrected chi connectivity index (χ1v) is 14.3. The highest BCUT2D eigenvalue weighted by Crippen LogP contribution is 2.54. The molecule has 0 bridgehead atoms. The van der Waals surface area contributed by atoms with Gasteiger partial charge in [0.15, 0.2) is 0 Å². The fraction of sp³-hybridized carbons (Fsp3) is 0.966. The second-order valence-corrected chi connectivity index (χ2v) is 10.7. The predicted octanol–water partition coefficient (Wildman–Crippen LogP) is 9.95. The fourth-order valence-corrected chi connectivity index (χ4v) is 5.84. The van der Waals surface area contributed by atoms with Crippen molar-refractivity contribution in [3.63, 3.8) is 0 Å². The summed E-state index contributed by atoms with van der Waals surface area (Å²) in [5.41, 5.74) is 0.719. The Morgan fingerprint density at radius 2 is 1.10 bits per heavy atom. The van der Waals surface area contributed by atoms with Crippen molar-refractivity contribution in [2.45, 2.75) is 162 Å². The molecule has 0 heterocycles. The Kier molecular flexibility index (Phi) is 18.3. The Morgan fingerprint density at radius 1 is 0.645 bits per heavy atom. The minimum Gasteiger partial charge on any atom is -0.211 e. The number of hydrogen-bond donors (Lipinski definition) is 0. The number of nitrogens with zero attached hydrogens (tertiary/aromatic N) is 1. The van der Waals surface area contributed by atoms with Gasteiger partial charge in [0.05, 0.1) is 6.54 Å². The van der Waals surface area contributed by atoms with Crippen molar-refractivity contribution >= 4 is 6.08 Å². The molecule has 1 fully saturated rings. The minimum atomic E-state index is 0.671. The van der Waals surface area contributed by atoms with Crippen LogP contribution < -0.4 is 0 Å². The van der Waals surface area contributed by atoms with Gasteiger partial charge in [0.1, 0.15) is 0 Å². The zero-order valence-corrected chi connectivity index (χ0v) is 21.4. The van der Waals surface area contributed by atoms with Gasteiger partial charge in [0.25, 0.3) is 0 Å². The maximum Gasteiger partial charge on any atom is 0.234 e. The topological polar surface area (TPSA) is 29.4 Å². The first-order valence-electron chi connectivity index (χ1n) is 14.3. The summed E-state index contributed by atoms with van der Waals surface area (Å²) in [6, 6.07) is 0. The number of unbranched alkanes of at least 4 members (excludes halogenated alkanes) is 15. The van der Waals surface area contributed by atoms with E-state index < -0.39 is 0 Å². The Hall–Kier alpha value is -0.620. The summed E-state index contributed by atoms with van der Waals surface area (Å²) in [7, 11) is 0. The number of aliphatic imine (C=N–C) groups is 1. The van der Waals surface area contributed by atoms with Crippen molar-refractivity contribution in [3.05, 3.63) is 0 Å². The SMILES string of the molecule is CCCCCCCCC1CC(CCCCCCCC)(CCCCCCCCN=C=O)C1. The molecule has 0 aromatic carbocycles. The molecule has 1 saturated carbocycles. The van der Waals surface area contributed by atoms with Gasteiger partial charge in [0.2, 0.25) is 6.08 Å². The van der Waals surface area contributed by atoms with E-state index in [0.717, 1.165) is 17.8 Å². The molecular formula is C29H55NO. The lowest BCUT2D eigenvalue weighted by molar-refractivity contribution is 0.0237. The molecule has 0 aliphatic heterocycles. The molecule has 31 heavy (non-hydrogen) atoms. The molecule has 0 spiro atoms. The lowest BCUT2D eigenvalue weighted by Gasteiger charge is -2.49. The average molecular weight is 434 g/mol. The van der Waals surface area contributed by atoms with E-state index in [0.29, 0.717) is 6.54 Å². The maximum atomic E-state index is 10.1. The molecule has 0 aromatic heterocycles. The summed E-state index contributed by atoms with van der Waals surface area (Å²) < 4.78 is 0. The van der Waals surface area contributed by atoms with Crippen LogP contribution in [0.3, 0.4) is 0 Å². The van der Waals surface area contributed by atoms with Gasteiger partial charge < -0.3 is 0 Å². The van der Waals surface area contributed by atoms with Crippen LogP contribution in [0, 0.1) is 11.3 Å². The molecule has 0 saturated heterocycles. The van der Waals surface area contributed by atoms with E-state index in [1.165, 1.54) is 128 Å². The van der Waals surface area contributed by atoms with Crippen molar-refractivity contribution in [3.8, 4) is 0 Å². The minimum absolute atomic E-state index is 0.671. The Morgan fingerprint density at radius 3 is 1.61 bits per heavy atom. The zero-order valence-electron chi connectivity index (χ0n) is 21.4. The van der Waals surface area contributed by atoms with Crippen molar-refractivity contribution in [2.24, 2.45) is 16.3 Å². The van der Waals surface area contributed by atoms with E-state index in [-0.39, 0.29) is 0 Å². The summed E-state index contributed by atoms with van der Waals surface area (Å²) in [4.78, 5) is 13.7. The molecule has 0 unspecified atom stereocenters. The molecule has 2 nitrogen and oxygen atoms in total. The van der Waals surface area contributed by atoms with Crippen LogP contribution in [0.1, 0.15) is 162 Å². The maximum absolute atomic E-state index is 10.1. The van der Waals surface area contributed by atoms with E-state index in [9.17, 15) is 4.79 Å². The van der Waals surface area contributed by atoms with Crippen LogP contribution >= 0.6 is 0 Å². The molecular weight excluding hydrogens is 378 g/mol. The van der Waals surface area contributed by atoms with Crippen molar-refractivity contribution in [1.82, 2.24) is 0 Å². The van der Waals surface area contributed by atoms with Gasteiger partial charge in [-0.15, -0.1) is 0 Å². The number of hydrogen-bond acceptors (Lipinski definition) is 2. The fourth-order valence-electron chi connectivity index (χ4n) is 5.84. The van der Waals surface area contributed by atoms with Crippen LogP contribution in [0.4, 0.5) is 0 Å². The molecule has 182 valence electrons. The molecule has 0 radical (unpaired) electrons. The number of rotatable bonds is 23. The predicted molar refractivity (Wildman–Crippen MR) is 136 cm³/mol. The van der Waals surface area contributed by atoms with E-state index >= 15 is 0 Å². The van der Waals surface area contributed by atoms with Gasteiger partial charge >= 0.3 is 0 Å². The van der Waals surface area contributed by atoms with E-state index in [1.807, 2.05) is 0 Å². The molecule has 0 aromatic rings. The van der Waals surface area contributed by atoms with Crippen LogP contribution in [0.15, 0.2) is 4.99 Å². The van der Waals surface area contributed by atoms with Gasteiger partial charge in [-0.2, -0.15) is 0 Å². The first kappa shape index (κ1) is 28.4. The monoisotopic (exact) mass is 433 g/mol. The summed E-state index contributed by atoms with van der Waals surface area (Å²) in [5.74, 6) is 1.05. The Labute approximate surface area is 195 Å². The summed E-state index contributed by atoms with van der Waals surface area (Å²) in [6.45, 7) is 5.29. The Balaban J connectivity index is 2.19. The molecule has 1 aliphatic carbocycles. The second kappa shape index (κ2) is 20.0. The third kappa shape index (κ3) is 15.0. The first-order chi connectivity index (χ1) is 15.3. The van der Waals surface area contributed by atoms with E-state index in [1.54, 1.807) is 18.9 Å². The third-order valence-electron chi connectivity index (χ3n) is 7.76. The van der Waals surface area contributed by atoms with E-state index in [2.05, 4.69) is 18.8 Å². The normalized spacial score (nSPS) is 20.4. The second-order valence-electron chi connectivity index (χ2n) is 10.7. The van der Waals surface area contributed by atoms with Crippen LogP contribution in [-0.2, 0) is 4.79 Å². The molecule has 2 heteroatoms. The highest BCUT2D eigenvalue weighted by Gasteiger charge is 2.42. The van der Waals surface area contributed by atoms with Gasteiger partial charge in [-0.3, -0.25) is 0 Å². The molecule has 0 atom stereocenters. The average Bonchev–Trinajstić information content (AvgIpc) is 2.75. The molecule has 0 amide bonds. The largest absolute Gasteiger partial charge is 0.234 e. The van der Waals surface area contributed by atoms with Gasteiger partial charge in [-0.25, -0.2) is 9.79 Å². The lowest BCUT2D eigenvalue weighted by atomic mass is 9.56. The zero-order chi connectivity index (χ0) is 22.5. The summed E-state index contributed by atoms with van der Waals surface area (Å²) in [6.07, 6.45) is 34.3. The van der Waals surface area contributed by atoms with Crippen LogP contribution in [0.5, 0.6) is 0 Å².